The van der Waals surface area contributed by atoms with E-state index in [2.05, 4.69) is 10.2 Å². The van der Waals surface area contributed by atoms with Gasteiger partial charge in [-0.1, -0.05) is 6.07 Å². The summed E-state index contributed by atoms with van der Waals surface area (Å²) >= 11 is 0. The lowest BCUT2D eigenvalue weighted by atomic mass is 9.98. The van der Waals surface area contributed by atoms with Crippen LogP contribution in [0.15, 0.2) is 24.3 Å². The van der Waals surface area contributed by atoms with Gasteiger partial charge in [-0.05, 0) is 38.8 Å². The van der Waals surface area contributed by atoms with E-state index < -0.39 is 11.6 Å². The largest absolute Gasteiger partial charge is 0.481 e. The molecule has 0 aliphatic carbocycles. The van der Waals surface area contributed by atoms with E-state index in [1.165, 1.54) is 0 Å². The summed E-state index contributed by atoms with van der Waals surface area (Å²) in [5.74, 6) is -0.472. The van der Waals surface area contributed by atoms with Crippen LogP contribution in [0.1, 0.15) is 26.7 Å². The van der Waals surface area contributed by atoms with Crippen molar-refractivity contribution in [3.05, 3.63) is 24.3 Å². The Bertz CT molecular complexity index is 686. The van der Waals surface area contributed by atoms with Crippen LogP contribution in [-0.2, 0) is 9.59 Å². The van der Waals surface area contributed by atoms with Gasteiger partial charge in [-0.15, -0.1) is 0 Å². The van der Waals surface area contributed by atoms with Crippen LogP contribution in [0.25, 0.3) is 0 Å². The zero-order chi connectivity index (χ0) is 19.4. The molecule has 2 aliphatic rings. The van der Waals surface area contributed by atoms with Crippen molar-refractivity contribution < 1.29 is 19.4 Å². The van der Waals surface area contributed by atoms with Crippen LogP contribution < -0.4 is 15.0 Å². The number of carbonyl (C=O) groups is 2. The number of carboxylic acids is 1. The number of hydrogen-bond donors (Lipinski definition) is 2. The van der Waals surface area contributed by atoms with Gasteiger partial charge in [0.1, 0.15) is 5.75 Å². The number of hydrogen-bond acceptors (Lipinski definition) is 5. The molecule has 0 saturated carbocycles. The van der Waals surface area contributed by atoms with E-state index in [4.69, 9.17) is 4.74 Å². The van der Waals surface area contributed by atoms with Crippen molar-refractivity contribution in [2.24, 2.45) is 5.92 Å². The van der Waals surface area contributed by atoms with Crippen LogP contribution in [-0.4, -0.2) is 66.8 Å². The first-order chi connectivity index (χ1) is 12.9. The second kappa shape index (κ2) is 8.17. The molecular formula is C20H29N3O4. The van der Waals surface area contributed by atoms with Crippen LogP contribution in [0.5, 0.6) is 5.75 Å². The van der Waals surface area contributed by atoms with Gasteiger partial charge in [-0.2, -0.15) is 0 Å². The number of ether oxygens (including phenoxy) is 1. The maximum atomic E-state index is 12.8. The molecule has 7 heteroatoms. The summed E-state index contributed by atoms with van der Waals surface area (Å²) in [6.45, 7) is 7.91. The monoisotopic (exact) mass is 375 g/mol. The fraction of sp³-hybridized carbons (Fsp3) is 0.600. The van der Waals surface area contributed by atoms with Gasteiger partial charge in [0.25, 0.3) is 5.91 Å². The van der Waals surface area contributed by atoms with E-state index in [1.807, 2.05) is 29.2 Å². The molecular weight excluding hydrogens is 346 g/mol. The molecule has 1 aromatic rings. The maximum absolute atomic E-state index is 12.8. The van der Waals surface area contributed by atoms with Crippen molar-refractivity contribution >= 4 is 17.6 Å². The van der Waals surface area contributed by atoms with Gasteiger partial charge in [0, 0.05) is 51.0 Å². The maximum Gasteiger partial charge on any atom is 0.308 e. The zero-order valence-electron chi connectivity index (χ0n) is 16.1. The molecule has 1 amide bonds. The lowest BCUT2D eigenvalue weighted by Gasteiger charge is -2.35. The van der Waals surface area contributed by atoms with E-state index in [-0.39, 0.29) is 11.8 Å². The smallest absolute Gasteiger partial charge is 0.308 e. The molecule has 2 N–H and O–H groups in total. The number of anilines is 1. The van der Waals surface area contributed by atoms with Gasteiger partial charge in [-0.25, -0.2) is 0 Å². The summed E-state index contributed by atoms with van der Waals surface area (Å²) in [4.78, 5) is 28.1. The summed E-state index contributed by atoms with van der Waals surface area (Å²) in [5, 5.41) is 12.5. The lowest BCUT2D eigenvalue weighted by Crippen LogP contribution is -2.54. The van der Waals surface area contributed by atoms with Gasteiger partial charge in [0.2, 0.25) is 0 Å². The van der Waals surface area contributed by atoms with Crippen LogP contribution >= 0.6 is 0 Å². The van der Waals surface area contributed by atoms with Crippen molar-refractivity contribution in [3.63, 3.8) is 0 Å². The molecule has 3 rings (SSSR count). The Morgan fingerprint density at radius 2 is 1.96 bits per heavy atom. The lowest BCUT2D eigenvalue weighted by molar-refractivity contribution is -0.146. The summed E-state index contributed by atoms with van der Waals surface area (Å²) in [6, 6.07) is 7.59. The Kier molecular flexibility index (Phi) is 5.89. The zero-order valence-corrected chi connectivity index (χ0v) is 16.1. The minimum Gasteiger partial charge on any atom is -0.481 e. The molecule has 2 saturated heterocycles. The Labute approximate surface area is 160 Å². The first-order valence-corrected chi connectivity index (χ1v) is 9.64. The predicted molar refractivity (Wildman–Crippen MR) is 103 cm³/mol. The Morgan fingerprint density at radius 3 is 2.67 bits per heavy atom. The number of piperidine rings is 1. The van der Waals surface area contributed by atoms with E-state index in [0.29, 0.717) is 31.8 Å². The van der Waals surface area contributed by atoms with E-state index in [0.717, 1.165) is 31.7 Å². The van der Waals surface area contributed by atoms with Crippen LogP contribution in [0.2, 0.25) is 0 Å². The molecule has 2 fully saturated rings. The van der Waals surface area contributed by atoms with Gasteiger partial charge in [-0.3, -0.25) is 9.59 Å². The number of aliphatic carboxylic acids is 1. The summed E-state index contributed by atoms with van der Waals surface area (Å²) < 4.78 is 6.07. The molecule has 0 radical (unpaired) electrons. The Balaban J connectivity index is 1.69. The molecule has 0 spiro atoms. The van der Waals surface area contributed by atoms with Crippen LogP contribution in [0, 0.1) is 5.92 Å². The summed E-state index contributed by atoms with van der Waals surface area (Å²) in [6.07, 6.45) is 1.57. The van der Waals surface area contributed by atoms with Crippen LogP contribution in [0.4, 0.5) is 5.69 Å². The average molecular weight is 375 g/mol. The van der Waals surface area contributed by atoms with Gasteiger partial charge < -0.3 is 25.0 Å². The first-order valence-electron chi connectivity index (χ1n) is 9.64. The highest BCUT2D eigenvalue weighted by molar-refractivity contribution is 5.85. The number of piperazine rings is 1. The SMILES string of the molecule is CC(C)(Oc1cccc(N2CCC[C@@H](C(=O)O)C2)c1)C(=O)N1CCNCC1. The first kappa shape index (κ1) is 19.5. The minimum absolute atomic E-state index is 0.0154. The highest BCUT2D eigenvalue weighted by Gasteiger charge is 2.35. The van der Waals surface area contributed by atoms with Gasteiger partial charge in [0.05, 0.1) is 5.92 Å². The molecule has 1 atom stereocenters. The van der Waals surface area contributed by atoms with Gasteiger partial charge >= 0.3 is 5.97 Å². The molecule has 2 aliphatic heterocycles. The molecule has 2 heterocycles. The van der Waals surface area contributed by atoms with E-state index in [9.17, 15) is 14.7 Å². The molecule has 27 heavy (non-hydrogen) atoms. The second-order valence-corrected chi connectivity index (χ2v) is 7.78. The van der Waals surface area contributed by atoms with E-state index in [1.54, 1.807) is 13.8 Å². The average Bonchev–Trinajstić information content (AvgIpc) is 2.68. The third kappa shape index (κ3) is 4.71. The van der Waals surface area contributed by atoms with Crippen molar-refractivity contribution in [2.45, 2.75) is 32.3 Å². The Morgan fingerprint density at radius 1 is 1.22 bits per heavy atom. The quantitative estimate of drug-likeness (QED) is 0.813. The number of carbonyl (C=O) groups excluding carboxylic acids is 1. The van der Waals surface area contributed by atoms with E-state index >= 15 is 0 Å². The second-order valence-electron chi connectivity index (χ2n) is 7.78. The molecule has 148 valence electrons. The molecule has 7 nitrogen and oxygen atoms in total. The number of rotatable bonds is 5. The Hall–Kier alpha value is -2.28. The number of benzene rings is 1. The minimum atomic E-state index is -0.957. The number of amides is 1. The van der Waals surface area contributed by atoms with Crippen LogP contribution in [0.3, 0.4) is 0 Å². The third-order valence-corrected chi connectivity index (χ3v) is 5.25. The number of nitrogens with zero attached hydrogens (tertiary/aromatic N) is 2. The predicted octanol–water partition coefficient (Wildman–Crippen LogP) is 1.58. The fourth-order valence-electron chi connectivity index (χ4n) is 3.74. The van der Waals surface area contributed by atoms with Crippen molar-refractivity contribution in [1.29, 1.82) is 0 Å². The third-order valence-electron chi connectivity index (χ3n) is 5.25. The fourth-order valence-corrected chi connectivity index (χ4v) is 3.74. The number of nitrogens with one attached hydrogen (secondary N) is 1. The van der Waals surface area contributed by atoms with Crippen molar-refractivity contribution in [3.8, 4) is 5.75 Å². The van der Waals surface area contributed by atoms with Crippen molar-refractivity contribution in [1.82, 2.24) is 10.2 Å². The molecule has 0 unspecified atom stereocenters. The molecule has 0 aromatic heterocycles. The standard InChI is InChI=1S/C20H29N3O4/c1-20(2,19(26)22-11-8-21-9-12-22)27-17-7-3-6-16(13-17)23-10-4-5-15(14-23)18(24)25/h3,6-7,13,15,21H,4-5,8-12,14H2,1-2H3,(H,24,25)/t15-/m1/s1. The topological polar surface area (TPSA) is 82.1 Å². The van der Waals surface area contributed by atoms with Gasteiger partial charge in [0.15, 0.2) is 5.60 Å². The molecule has 1 aromatic carbocycles. The highest BCUT2D eigenvalue weighted by Crippen LogP contribution is 2.28. The summed E-state index contributed by atoms with van der Waals surface area (Å²) in [5.41, 5.74) is -0.0227. The molecule has 0 bridgehead atoms. The van der Waals surface area contributed by atoms with Crippen molar-refractivity contribution in [2.75, 3.05) is 44.2 Å². The highest BCUT2D eigenvalue weighted by atomic mass is 16.5. The number of carboxylic acid groups (broad SMARTS) is 1. The summed E-state index contributed by atoms with van der Waals surface area (Å²) in [7, 11) is 0. The normalized spacial score (nSPS) is 21.0.